The molecule has 1 aliphatic carbocycles. The Bertz CT molecular complexity index is 333. The van der Waals surface area contributed by atoms with Crippen molar-refractivity contribution in [2.75, 3.05) is 6.54 Å². The van der Waals surface area contributed by atoms with Crippen molar-refractivity contribution in [2.24, 2.45) is 0 Å². The summed E-state index contributed by atoms with van der Waals surface area (Å²) in [6.07, 6.45) is 6.89. The highest BCUT2D eigenvalue weighted by atomic mass is 32.2. The van der Waals surface area contributed by atoms with E-state index in [1.807, 2.05) is 0 Å². The first-order valence-electron chi connectivity index (χ1n) is 6.40. The predicted octanol–water partition coefficient (Wildman–Crippen LogP) is 3.24. The summed E-state index contributed by atoms with van der Waals surface area (Å²) in [5.41, 5.74) is 1.55. The Hall–Kier alpha value is -0.470. The molecule has 1 aromatic rings. The summed E-state index contributed by atoms with van der Waals surface area (Å²) >= 11 is 2.06. The Balaban J connectivity index is 1.52. The van der Waals surface area contributed by atoms with Gasteiger partial charge in [0, 0.05) is 22.7 Å². The molecule has 1 aliphatic heterocycles. The molecular weight excluding hydrogens is 214 g/mol. The van der Waals surface area contributed by atoms with Gasteiger partial charge in [0.25, 0.3) is 0 Å². The first-order valence-corrected chi connectivity index (χ1v) is 7.28. The van der Waals surface area contributed by atoms with Gasteiger partial charge in [-0.25, -0.2) is 0 Å². The second-order valence-electron chi connectivity index (χ2n) is 4.94. The Kier molecular flexibility index (Phi) is 3.20. The monoisotopic (exact) mass is 233 g/mol. The molecule has 1 N–H and O–H groups in total. The number of thioether (sulfide) groups is 1. The molecule has 86 valence electrons. The van der Waals surface area contributed by atoms with Crippen LogP contribution in [0.25, 0.3) is 0 Å². The Labute approximate surface area is 102 Å². The molecule has 1 atom stereocenters. The Morgan fingerprint density at radius 2 is 2.00 bits per heavy atom. The molecule has 1 aromatic carbocycles. The maximum absolute atomic E-state index is 3.74. The van der Waals surface area contributed by atoms with Crippen LogP contribution in [-0.2, 0) is 6.42 Å². The third kappa shape index (κ3) is 2.28. The molecule has 0 saturated heterocycles. The van der Waals surface area contributed by atoms with Crippen LogP contribution in [0.15, 0.2) is 29.2 Å². The highest BCUT2D eigenvalue weighted by Gasteiger charge is 2.23. The van der Waals surface area contributed by atoms with Crippen molar-refractivity contribution < 1.29 is 0 Å². The van der Waals surface area contributed by atoms with Gasteiger partial charge in [0.2, 0.25) is 0 Å². The summed E-state index contributed by atoms with van der Waals surface area (Å²) in [7, 11) is 0. The summed E-state index contributed by atoms with van der Waals surface area (Å²) in [5, 5.41) is 4.50. The largest absolute Gasteiger partial charge is 0.313 e. The van der Waals surface area contributed by atoms with Gasteiger partial charge in [-0.15, -0.1) is 11.8 Å². The quantitative estimate of drug-likeness (QED) is 0.860. The Morgan fingerprint density at radius 1 is 1.19 bits per heavy atom. The van der Waals surface area contributed by atoms with Crippen molar-refractivity contribution in [3.8, 4) is 0 Å². The van der Waals surface area contributed by atoms with E-state index < -0.39 is 0 Å². The van der Waals surface area contributed by atoms with Crippen molar-refractivity contribution in [2.45, 2.75) is 48.3 Å². The third-order valence-corrected chi connectivity index (χ3v) is 5.02. The van der Waals surface area contributed by atoms with E-state index in [9.17, 15) is 0 Å². The number of fused-ring (bicyclic) bond motifs is 1. The van der Waals surface area contributed by atoms with Crippen LogP contribution in [0.4, 0.5) is 0 Å². The normalized spacial score (nSPS) is 24.9. The minimum Gasteiger partial charge on any atom is -0.313 e. The zero-order valence-electron chi connectivity index (χ0n) is 9.61. The van der Waals surface area contributed by atoms with Crippen LogP contribution in [0, 0.1) is 0 Å². The first kappa shape index (κ1) is 10.7. The van der Waals surface area contributed by atoms with Gasteiger partial charge in [-0.05, 0) is 30.9 Å². The molecule has 0 amide bonds. The highest BCUT2D eigenvalue weighted by Crippen LogP contribution is 2.36. The summed E-state index contributed by atoms with van der Waals surface area (Å²) in [6.45, 7) is 1.18. The van der Waals surface area contributed by atoms with Crippen LogP contribution in [0.3, 0.4) is 0 Å². The second-order valence-corrected chi connectivity index (χ2v) is 6.28. The molecule has 1 nitrogen and oxygen atoms in total. The molecule has 16 heavy (non-hydrogen) atoms. The zero-order valence-corrected chi connectivity index (χ0v) is 10.4. The van der Waals surface area contributed by atoms with Crippen LogP contribution in [0.2, 0.25) is 0 Å². The van der Waals surface area contributed by atoms with Crippen molar-refractivity contribution in [1.29, 1.82) is 0 Å². The van der Waals surface area contributed by atoms with E-state index in [0.29, 0.717) is 0 Å². The topological polar surface area (TPSA) is 12.0 Å². The van der Waals surface area contributed by atoms with Gasteiger partial charge in [0.05, 0.1) is 0 Å². The first-order chi connectivity index (χ1) is 7.92. The van der Waals surface area contributed by atoms with E-state index in [2.05, 4.69) is 41.3 Å². The van der Waals surface area contributed by atoms with E-state index in [-0.39, 0.29) is 0 Å². The van der Waals surface area contributed by atoms with E-state index in [1.165, 1.54) is 43.5 Å². The van der Waals surface area contributed by atoms with E-state index >= 15 is 0 Å². The minimum absolute atomic E-state index is 0.762. The Morgan fingerprint density at radius 3 is 2.81 bits per heavy atom. The van der Waals surface area contributed by atoms with Gasteiger partial charge >= 0.3 is 0 Å². The second kappa shape index (κ2) is 4.80. The minimum atomic E-state index is 0.762. The standard InChI is InChI=1S/C14H19NS/c1-4-8-14-11(5-1)9-13(16-14)10-15-12-6-2-3-7-12/h1,4-5,8,12-13,15H,2-3,6-7,9-10H2. The van der Waals surface area contributed by atoms with Gasteiger partial charge in [-0.2, -0.15) is 0 Å². The summed E-state index contributed by atoms with van der Waals surface area (Å²) in [6, 6.07) is 9.66. The van der Waals surface area contributed by atoms with Crippen LogP contribution >= 0.6 is 11.8 Å². The lowest BCUT2D eigenvalue weighted by molar-refractivity contribution is 0.521. The van der Waals surface area contributed by atoms with Crippen LogP contribution in [0.1, 0.15) is 31.2 Å². The maximum atomic E-state index is 3.74. The molecule has 1 fully saturated rings. The molecule has 0 radical (unpaired) electrons. The third-order valence-electron chi connectivity index (χ3n) is 3.70. The summed E-state index contributed by atoms with van der Waals surface area (Å²) < 4.78 is 0. The van der Waals surface area contributed by atoms with Crippen LogP contribution in [0.5, 0.6) is 0 Å². The molecule has 0 bridgehead atoms. The fourth-order valence-corrected chi connectivity index (χ4v) is 4.06. The van der Waals surface area contributed by atoms with Crippen molar-refractivity contribution in [3.05, 3.63) is 29.8 Å². The fraction of sp³-hybridized carbons (Fsp3) is 0.571. The van der Waals surface area contributed by atoms with E-state index in [1.54, 1.807) is 5.56 Å². The molecule has 2 aliphatic rings. The molecule has 1 unspecified atom stereocenters. The van der Waals surface area contributed by atoms with Gasteiger partial charge in [0.1, 0.15) is 0 Å². The number of benzene rings is 1. The lowest BCUT2D eigenvalue weighted by atomic mass is 10.1. The van der Waals surface area contributed by atoms with E-state index in [4.69, 9.17) is 0 Å². The van der Waals surface area contributed by atoms with Gasteiger partial charge < -0.3 is 5.32 Å². The summed E-state index contributed by atoms with van der Waals surface area (Å²) in [5.74, 6) is 0. The smallest absolute Gasteiger partial charge is 0.0260 e. The average molecular weight is 233 g/mol. The molecule has 0 spiro atoms. The lowest BCUT2D eigenvalue weighted by Crippen LogP contribution is -2.32. The fourth-order valence-electron chi connectivity index (χ4n) is 2.80. The molecular formula is C14H19NS. The van der Waals surface area contributed by atoms with Crippen molar-refractivity contribution >= 4 is 11.8 Å². The number of rotatable bonds is 3. The number of nitrogens with one attached hydrogen (secondary N) is 1. The number of hydrogen-bond acceptors (Lipinski definition) is 2. The summed E-state index contributed by atoms with van der Waals surface area (Å²) in [4.78, 5) is 1.50. The van der Waals surface area contributed by atoms with Crippen molar-refractivity contribution in [1.82, 2.24) is 5.32 Å². The maximum Gasteiger partial charge on any atom is 0.0260 e. The van der Waals surface area contributed by atoms with E-state index in [0.717, 1.165) is 11.3 Å². The van der Waals surface area contributed by atoms with Gasteiger partial charge in [0.15, 0.2) is 0 Å². The SMILES string of the molecule is c1ccc2c(c1)CC(CNC1CCCC1)S2. The highest BCUT2D eigenvalue weighted by molar-refractivity contribution is 8.00. The van der Waals surface area contributed by atoms with Gasteiger partial charge in [-0.3, -0.25) is 0 Å². The average Bonchev–Trinajstić information content (AvgIpc) is 2.95. The van der Waals surface area contributed by atoms with Crippen molar-refractivity contribution in [3.63, 3.8) is 0 Å². The van der Waals surface area contributed by atoms with Crippen LogP contribution < -0.4 is 5.32 Å². The lowest BCUT2D eigenvalue weighted by Gasteiger charge is -2.15. The molecule has 1 saturated carbocycles. The molecule has 3 rings (SSSR count). The molecule has 1 heterocycles. The number of hydrogen-bond donors (Lipinski definition) is 1. The van der Waals surface area contributed by atoms with Crippen LogP contribution in [-0.4, -0.2) is 17.8 Å². The molecule has 2 heteroatoms. The predicted molar refractivity (Wildman–Crippen MR) is 70.0 cm³/mol. The molecule has 0 aromatic heterocycles. The van der Waals surface area contributed by atoms with Gasteiger partial charge in [-0.1, -0.05) is 31.0 Å². The zero-order chi connectivity index (χ0) is 10.8.